The molecule has 6 aromatic carbocycles. The lowest BCUT2D eigenvalue weighted by molar-refractivity contribution is 0.669. The van der Waals surface area contributed by atoms with Crippen LogP contribution in [0.2, 0.25) is 0 Å². The number of hydrogen-bond donors (Lipinski definition) is 0. The summed E-state index contributed by atoms with van der Waals surface area (Å²) in [6, 6.07) is 50.9. The summed E-state index contributed by atoms with van der Waals surface area (Å²) in [5.41, 5.74) is 12.1. The zero-order valence-corrected chi connectivity index (χ0v) is 28.5. The molecule has 0 fully saturated rings. The van der Waals surface area contributed by atoms with E-state index in [4.69, 9.17) is 14.4 Å². The minimum absolute atomic E-state index is 0.0967. The molecule has 0 unspecified atom stereocenters. The van der Waals surface area contributed by atoms with E-state index in [1.54, 1.807) is 0 Å². The molecular formula is C47H35N3O. The van der Waals surface area contributed by atoms with E-state index in [0.29, 0.717) is 5.95 Å². The number of nitrogens with zero attached hydrogens (tertiary/aromatic N) is 3. The van der Waals surface area contributed by atoms with E-state index in [-0.39, 0.29) is 5.92 Å². The van der Waals surface area contributed by atoms with Gasteiger partial charge in [0.15, 0.2) is 0 Å². The quantitative estimate of drug-likeness (QED) is 0.160. The van der Waals surface area contributed by atoms with Gasteiger partial charge in [0.05, 0.1) is 11.0 Å². The van der Waals surface area contributed by atoms with Gasteiger partial charge in [-0.05, 0) is 82.3 Å². The van der Waals surface area contributed by atoms with Gasteiger partial charge < -0.3 is 4.42 Å². The molecule has 0 aliphatic carbocycles. The van der Waals surface area contributed by atoms with Crippen LogP contribution in [-0.4, -0.2) is 14.5 Å². The highest BCUT2D eigenvalue weighted by Gasteiger charge is 2.16. The highest BCUT2D eigenvalue weighted by molar-refractivity contribution is 6.11. The molecule has 1 atom stereocenters. The first-order valence-electron chi connectivity index (χ1n) is 17.4. The third-order valence-corrected chi connectivity index (χ3v) is 9.90. The van der Waals surface area contributed by atoms with Gasteiger partial charge in [-0.15, -0.1) is 0 Å². The van der Waals surface area contributed by atoms with Gasteiger partial charge in [-0.3, -0.25) is 4.57 Å². The Morgan fingerprint density at radius 3 is 1.94 bits per heavy atom. The Bertz CT molecular complexity index is 2750. The maximum atomic E-state index is 6.09. The van der Waals surface area contributed by atoms with Crippen molar-refractivity contribution in [2.45, 2.75) is 19.8 Å². The van der Waals surface area contributed by atoms with E-state index in [9.17, 15) is 0 Å². The van der Waals surface area contributed by atoms with E-state index in [0.717, 1.165) is 55.0 Å². The highest BCUT2D eigenvalue weighted by Crippen LogP contribution is 2.37. The van der Waals surface area contributed by atoms with Gasteiger partial charge in [-0.25, -0.2) is 9.97 Å². The van der Waals surface area contributed by atoms with Crippen LogP contribution in [0.5, 0.6) is 0 Å². The monoisotopic (exact) mass is 657 g/mol. The molecule has 9 rings (SSSR count). The molecule has 0 aliphatic rings. The van der Waals surface area contributed by atoms with Crippen LogP contribution >= 0.6 is 0 Å². The molecule has 0 saturated heterocycles. The van der Waals surface area contributed by atoms with Crippen molar-refractivity contribution in [1.82, 2.24) is 14.5 Å². The molecule has 0 N–H and O–H groups in total. The average Bonchev–Trinajstić information content (AvgIpc) is 3.73. The normalized spacial score (nSPS) is 13.1. The summed E-state index contributed by atoms with van der Waals surface area (Å²) in [5.74, 6) is 0.753. The van der Waals surface area contributed by atoms with E-state index in [1.165, 1.54) is 27.7 Å². The van der Waals surface area contributed by atoms with Crippen molar-refractivity contribution in [3.05, 3.63) is 187 Å². The van der Waals surface area contributed by atoms with Crippen LogP contribution in [0.15, 0.2) is 175 Å². The molecule has 0 saturated carbocycles. The summed E-state index contributed by atoms with van der Waals surface area (Å²) in [6.45, 7) is 4.38. The summed E-state index contributed by atoms with van der Waals surface area (Å²) >= 11 is 0. The Morgan fingerprint density at radius 1 is 0.588 bits per heavy atom. The van der Waals surface area contributed by atoms with E-state index in [2.05, 4.69) is 164 Å². The number of rotatable bonds is 7. The first-order chi connectivity index (χ1) is 25.1. The maximum Gasteiger partial charge on any atom is 0.234 e. The SMILES string of the molecule is C/C(=C\C(=C/[C@H](C)c1cnc(-n2c3ccccc3c3cc(-c4ccc5oc6ccccc6c5c4)ccc32)nc1)c1ccccc1)c1ccccc1. The largest absolute Gasteiger partial charge is 0.456 e. The minimum atomic E-state index is 0.0967. The van der Waals surface area contributed by atoms with Crippen LogP contribution in [-0.2, 0) is 0 Å². The summed E-state index contributed by atoms with van der Waals surface area (Å²) < 4.78 is 8.27. The van der Waals surface area contributed by atoms with Gasteiger partial charge in [0.1, 0.15) is 11.2 Å². The fraction of sp³-hybridized carbons (Fsp3) is 0.0638. The average molecular weight is 658 g/mol. The van der Waals surface area contributed by atoms with Crippen LogP contribution in [0.25, 0.3) is 72.0 Å². The predicted octanol–water partition coefficient (Wildman–Crippen LogP) is 12.4. The van der Waals surface area contributed by atoms with Gasteiger partial charge >= 0.3 is 0 Å². The lowest BCUT2D eigenvalue weighted by atomic mass is 9.94. The Kier molecular flexibility index (Phi) is 7.63. The molecule has 0 bridgehead atoms. The van der Waals surface area contributed by atoms with Gasteiger partial charge in [0.2, 0.25) is 5.95 Å². The Balaban J connectivity index is 1.08. The summed E-state index contributed by atoms with van der Waals surface area (Å²) in [4.78, 5) is 9.93. The van der Waals surface area contributed by atoms with Crippen molar-refractivity contribution >= 4 is 54.9 Å². The Labute approximate surface area is 296 Å². The van der Waals surface area contributed by atoms with Gasteiger partial charge in [-0.2, -0.15) is 0 Å². The zero-order chi connectivity index (χ0) is 34.3. The number of hydrogen-bond acceptors (Lipinski definition) is 3. The molecule has 0 aliphatic heterocycles. The molecule has 3 aromatic heterocycles. The molecule has 0 spiro atoms. The van der Waals surface area contributed by atoms with Crippen molar-refractivity contribution in [2.24, 2.45) is 0 Å². The summed E-state index contributed by atoms with van der Waals surface area (Å²) in [6.07, 6.45) is 8.53. The van der Waals surface area contributed by atoms with Crippen molar-refractivity contribution in [3.8, 4) is 17.1 Å². The summed E-state index contributed by atoms with van der Waals surface area (Å²) in [7, 11) is 0. The van der Waals surface area contributed by atoms with Gasteiger partial charge in [-0.1, -0.05) is 128 Å². The van der Waals surface area contributed by atoms with E-state index in [1.807, 2.05) is 24.5 Å². The number of allylic oxidation sites excluding steroid dienone is 4. The standard InChI is InChI=1S/C47H35N3O/c1-31(33-13-5-3-6-14-33)25-37(34-15-7-4-8-16-34)26-32(2)38-29-48-47(49-30-38)50-43-19-11-9-17-39(43)41-27-35(21-23-44(41)50)36-22-24-46-42(28-36)40-18-10-12-20-45(40)51-46/h3-30,32H,1-2H3/b31-25+,37-26+/t32-/m0/s1. The fourth-order valence-corrected chi connectivity index (χ4v) is 7.20. The second kappa shape index (κ2) is 12.7. The number of para-hydroxylation sites is 2. The van der Waals surface area contributed by atoms with Crippen molar-refractivity contribution in [2.75, 3.05) is 0 Å². The Morgan fingerprint density at radius 2 is 1.18 bits per heavy atom. The zero-order valence-electron chi connectivity index (χ0n) is 28.5. The van der Waals surface area contributed by atoms with Crippen molar-refractivity contribution in [1.29, 1.82) is 0 Å². The first-order valence-corrected chi connectivity index (χ1v) is 17.4. The third-order valence-electron chi connectivity index (χ3n) is 9.90. The third kappa shape index (κ3) is 5.61. The van der Waals surface area contributed by atoms with Crippen LogP contribution < -0.4 is 0 Å². The Hall–Kier alpha value is -6.52. The second-order valence-electron chi connectivity index (χ2n) is 13.2. The highest BCUT2D eigenvalue weighted by atomic mass is 16.3. The smallest absolute Gasteiger partial charge is 0.234 e. The molecule has 9 aromatic rings. The number of aromatic nitrogens is 3. The summed E-state index contributed by atoms with van der Waals surface area (Å²) in [5, 5.41) is 4.59. The molecule has 0 radical (unpaired) electrons. The molecule has 4 heteroatoms. The van der Waals surface area contributed by atoms with Crippen LogP contribution in [0.3, 0.4) is 0 Å². The molecular weight excluding hydrogens is 623 g/mol. The minimum Gasteiger partial charge on any atom is -0.456 e. The lowest BCUT2D eigenvalue weighted by Crippen LogP contribution is -2.03. The maximum absolute atomic E-state index is 6.09. The van der Waals surface area contributed by atoms with Gasteiger partial charge in [0, 0.05) is 39.9 Å². The van der Waals surface area contributed by atoms with E-state index < -0.39 is 0 Å². The topological polar surface area (TPSA) is 43.9 Å². The van der Waals surface area contributed by atoms with Crippen molar-refractivity contribution in [3.63, 3.8) is 0 Å². The molecule has 244 valence electrons. The number of fused-ring (bicyclic) bond motifs is 6. The van der Waals surface area contributed by atoms with Crippen LogP contribution in [0, 0.1) is 0 Å². The number of furan rings is 1. The second-order valence-corrected chi connectivity index (χ2v) is 13.2. The lowest BCUT2D eigenvalue weighted by Gasteiger charge is -2.12. The van der Waals surface area contributed by atoms with Crippen molar-refractivity contribution < 1.29 is 4.42 Å². The van der Waals surface area contributed by atoms with Gasteiger partial charge in [0.25, 0.3) is 0 Å². The molecule has 4 nitrogen and oxygen atoms in total. The molecule has 51 heavy (non-hydrogen) atoms. The first kappa shape index (κ1) is 30.5. The van der Waals surface area contributed by atoms with E-state index >= 15 is 0 Å². The molecule has 3 heterocycles. The fourth-order valence-electron chi connectivity index (χ4n) is 7.20. The van der Waals surface area contributed by atoms with Crippen LogP contribution in [0.1, 0.15) is 36.5 Å². The van der Waals surface area contributed by atoms with Crippen LogP contribution in [0.4, 0.5) is 0 Å². The predicted molar refractivity (Wildman–Crippen MR) is 212 cm³/mol. The molecule has 0 amide bonds. The number of benzene rings is 6.